The van der Waals surface area contributed by atoms with E-state index in [0.717, 1.165) is 11.1 Å². The molecule has 0 aliphatic heterocycles. The monoisotopic (exact) mass is 280 g/mol. The first-order valence-electron chi connectivity index (χ1n) is 6.35. The fourth-order valence-corrected chi connectivity index (χ4v) is 2.33. The van der Waals surface area contributed by atoms with Gasteiger partial charge in [-0.1, -0.05) is 45.9 Å². The van der Waals surface area contributed by atoms with Gasteiger partial charge in [-0.25, -0.2) is 0 Å². The van der Waals surface area contributed by atoms with E-state index in [0.29, 0.717) is 11.5 Å². The Morgan fingerprint density at radius 2 is 1.63 bits per heavy atom. The third kappa shape index (κ3) is 3.53. The van der Waals surface area contributed by atoms with Crippen LogP contribution in [0.3, 0.4) is 0 Å². The number of aliphatic carboxylic acids is 1. The van der Waals surface area contributed by atoms with Gasteiger partial charge < -0.3 is 10.2 Å². The second-order valence-electron chi connectivity index (χ2n) is 5.31. The molecular formula is C15H20O3S. The van der Waals surface area contributed by atoms with Gasteiger partial charge >= 0.3 is 5.97 Å². The van der Waals surface area contributed by atoms with Crippen LogP contribution in [0.5, 0.6) is 0 Å². The number of hydrogen-bond donors (Lipinski definition) is 2. The van der Waals surface area contributed by atoms with Gasteiger partial charge in [0, 0.05) is 0 Å². The molecule has 0 spiro atoms. The molecule has 19 heavy (non-hydrogen) atoms. The SMILES string of the molecule is CC(C)c1ccc(C(C)C)c(C(C(=O)O)C(O)=S)c1. The van der Waals surface area contributed by atoms with E-state index in [4.69, 9.17) is 12.2 Å². The molecule has 0 aliphatic carbocycles. The van der Waals surface area contributed by atoms with Gasteiger partial charge in [0.2, 0.25) is 0 Å². The summed E-state index contributed by atoms with van der Waals surface area (Å²) in [5.41, 5.74) is 2.55. The molecule has 0 fully saturated rings. The normalized spacial score (nSPS) is 12.7. The van der Waals surface area contributed by atoms with E-state index >= 15 is 0 Å². The van der Waals surface area contributed by atoms with Crippen molar-refractivity contribution in [2.24, 2.45) is 0 Å². The molecule has 3 nitrogen and oxygen atoms in total. The molecule has 1 aromatic rings. The minimum absolute atomic E-state index is 0.174. The second kappa shape index (κ2) is 6.15. The summed E-state index contributed by atoms with van der Waals surface area (Å²) in [5, 5.41) is 18.3. The van der Waals surface area contributed by atoms with Crippen LogP contribution >= 0.6 is 12.2 Å². The molecule has 1 atom stereocenters. The van der Waals surface area contributed by atoms with E-state index in [1.807, 2.05) is 45.9 Å². The van der Waals surface area contributed by atoms with Gasteiger partial charge in [0.1, 0.15) is 5.92 Å². The highest BCUT2D eigenvalue weighted by molar-refractivity contribution is 7.80. The molecule has 1 aromatic carbocycles. The summed E-state index contributed by atoms with van der Waals surface area (Å²) in [4.78, 5) is 11.3. The number of aliphatic hydroxyl groups is 1. The lowest BCUT2D eigenvalue weighted by molar-refractivity contribution is -0.137. The topological polar surface area (TPSA) is 57.5 Å². The van der Waals surface area contributed by atoms with Gasteiger partial charge in [-0.3, -0.25) is 4.79 Å². The fraction of sp³-hybridized carbons (Fsp3) is 0.467. The van der Waals surface area contributed by atoms with Crippen LogP contribution < -0.4 is 0 Å². The summed E-state index contributed by atoms with van der Waals surface area (Å²) in [6.07, 6.45) is 0. The van der Waals surface area contributed by atoms with Crippen LogP contribution in [0.4, 0.5) is 0 Å². The van der Waals surface area contributed by atoms with Gasteiger partial charge in [-0.15, -0.1) is 0 Å². The van der Waals surface area contributed by atoms with Crippen molar-refractivity contribution in [2.75, 3.05) is 0 Å². The van der Waals surface area contributed by atoms with Crippen molar-refractivity contribution in [2.45, 2.75) is 45.4 Å². The first kappa shape index (κ1) is 15.6. The average molecular weight is 280 g/mol. The lowest BCUT2D eigenvalue weighted by atomic mass is 9.86. The Hall–Kier alpha value is -1.42. The number of hydrogen-bond acceptors (Lipinski definition) is 2. The summed E-state index contributed by atoms with van der Waals surface area (Å²) in [5.74, 6) is -1.78. The Morgan fingerprint density at radius 1 is 1.05 bits per heavy atom. The highest BCUT2D eigenvalue weighted by Crippen LogP contribution is 2.30. The molecular weight excluding hydrogens is 260 g/mol. The first-order chi connectivity index (χ1) is 8.75. The minimum atomic E-state index is -1.13. The molecule has 0 saturated carbocycles. The minimum Gasteiger partial charge on any atom is -0.501 e. The van der Waals surface area contributed by atoms with Crippen LogP contribution in [0.1, 0.15) is 62.1 Å². The van der Waals surface area contributed by atoms with Gasteiger partial charge in [-0.2, -0.15) is 0 Å². The molecule has 1 unspecified atom stereocenters. The summed E-state index contributed by atoms with van der Waals surface area (Å²) in [6, 6.07) is 5.79. The molecule has 0 saturated heterocycles. The van der Waals surface area contributed by atoms with Crippen LogP contribution in [-0.4, -0.2) is 21.2 Å². The maximum absolute atomic E-state index is 11.3. The highest BCUT2D eigenvalue weighted by Gasteiger charge is 2.28. The number of carboxylic acid groups (broad SMARTS) is 1. The first-order valence-corrected chi connectivity index (χ1v) is 6.75. The molecule has 4 heteroatoms. The van der Waals surface area contributed by atoms with Crippen molar-refractivity contribution in [3.05, 3.63) is 34.9 Å². The van der Waals surface area contributed by atoms with Crippen molar-refractivity contribution < 1.29 is 15.0 Å². The van der Waals surface area contributed by atoms with Crippen LogP contribution in [0.25, 0.3) is 0 Å². The molecule has 0 heterocycles. The van der Waals surface area contributed by atoms with Gasteiger partial charge in [0.15, 0.2) is 5.05 Å². The molecule has 2 N–H and O–H groups in total. The van der Waals surface area contributed by atoms with Crippen molar-refractivity contribution in [1.29, 1.82) is 0 Å². The number of carbonyl (C=O) groups is 1. The summed E-state index contributed by atoms with van der Waals surface area (Å²) in [6.45, 7) is 8.07. The highest BCUT2D eigenvalue weighted by atomic mass is 32.1. The predicted molar refractivity (Wildman–Crippen MR) is 80.2 cm³/mol. The maximum Gasteiger partial charge on any atom is 0.319 e. The van der Waals surface area contributed by atoms with E-state index in [9.17, 15) is 15.0 Å². The van der Waals surface area contributed by atoms with Crippen LogP contribution in [-0.2, 0) is 4.79 Å². The van der Waals surface area contributed by atoms with E-state index in [1.165, 1.54) is 0 Å². The number of benzene rings is 1. The number of aliphatic hydroxyl groups excluding tert-OH is 1. The smallest absolute Gasteiger partial charge is 0.319 e. The third-order valence-electron chi connectivity index (χ3n) is 3.20. The zero-order valence-corrected chi connectivity index (χ0v) is 12.5. The molecule has 0 bridgehead atoms. The molecule has 104 valence electrons. The zero-order chi connectivity index (χ0) is 14.7. The number of carboxylic acids is 1. The fourth-order valence-electron chi connectivity index (χ4n) is 2.10. The Morgan fingerprint density at radius 3 is 2.00 bits per heavy atom. The predicted octanol–water partition coefficient (Wildman–Crippen LogP) is 3.99. The van der Waals surface area contributed by atoms with Gasteiger partial charge in [0.25, 0.3) is 0 Å². The number of thiocarbonyl (C=S) groups is 1. The van der Waals surface area contributed by atoms with Crippen molar-refractivity contribution in [3.8, 4) is 0 Å². The Kier molecular flexibility index (Phi) is 5.06. The van der Waals surface area contributed by atoms with E-state index in [-0.39, 0.29) is 5.92 Å². The van der Waals surface area contributed by atoms with Crippen molar-refractivity contribution in [3.63, 3.8) is 0 Å². The molecule has 1 rings (SSSR count). The van der Waals surface area contributed by atoms with E-state index in [1.54, 1.807) is 0 Å². The Labute approximate surface area is 119 Å². The molecule has 0 aliphatic rings. The molecule has 0 radical (unpaired) electrons. The van der Waals surface area contributed by atoms with Gasteiger partial charge in [-0.05, 0) is 40.7 Å². The van der Waals surface area contributed by atoms with Gasteiger partial charge in [0.05, 0.1) is 0 Å². The molecule has 0 aromatic heterocycles. The lowest BCUT2D eigenvalue weighted by Crippen LogP contribution is -2.21. The lowest BCUT2D eigenvalue weighted by Gasteiger charge is -2.20. The quantitative estimate of drug-likeness (QED) is 0.801. The van der Waals surface area contributed by atoms with Crippen LogP contribution in [0.15, 0.2) is 18.2 Å². The summed E-state index contributed by atoms with van der Waals surface area (Å²) >= 11 is 4.71. The number of rotatable bonds is 5. The van der Waals surface area contributed by atoms with Crippen molar-refractivity contribution in [1.82, 2.24) is 0 Å². The summed E-state index contributed by atoms with van der Waals surface area (Å²) in [7, 11) is 0. The Balaban J connectivity index is 3.46. The zero-order valence-electron chi connectivity index (χ0n) is 11.7. The second-order valence-corrected chi connectivity index (χ2v) is 5.73. The maximum atomic E-state index is 11.3. The molecule has 0 amide bonds. The summed E-state index contributed by atoms with van der Waals surface area (Å²) < 4.78 is 0. The van der Waals surface area contributed by atoms with E-state index < -0.39 is 16.9 Å². The average Bonchev–Trinajstić information content (AvgIpc) is 2.27. The van der Waals surface area contributed by atoms with Crippen molar-refractivity contribution >= 4 is 23.2 Å². The standard InChI is InChI=1S/C15H20O3S/c1-8(2)10-5-6-11(9(3)4)12(7-10)13(14(16)17)15(18)19/h5-9,13H,1-4H3,(H,16,17)(H,18,19). The van der Waals surface area contributed by atoms with Crippen LogP contribution in [0, 0.1) is 0 Å². The van der Waals surface area contributed by atoms with Crippen LogP contribution in [0.2, 0.25) is 0 Å². The van der Waals surface area contributed by atoms with E-state index in [2.05, 4.69) is 0 Å². The third-order valence-corrected chi connectivity index (χ3v) is 3.44. The largest absolute Gasteiger partial charge is 0.501 e. The Bertz CT molecular complexity index is 478.